The number of hydrogen-bond acceptors (Lipinski definition) is 3. The normalized spacial score (nSPS) is 15.1. The van der Waals surface area contributed by atoms with Crippen LogP contribution in [0.25, 0.3) is 5.69 Å². The summed E-state index contributed by atoms with van der Waals surface area (Å²) >= 11 is 0. The van der Waals surface area contributed by atoms with Gasteiger partial charge in [-0.1, -0.05) is 32.0 Å². The van der Waals surface area contributed by atoms with Crippen LogP contribution < -0.4 is 5.32 Å². The Morgan fingerprint density at radius 2 is 1.87 bits per heavy atom. The Bertz CT molecular complexity index is 625. The molecule has 4 nitrogen and oxygen atoms in total. The molecule has 0 radical (unpaired) electrons. The van der Waals surface area contributed by atoms with E-state index < -0.39 is 6.10 Å². The zero-order valence-electron chi connectivity index (χ0n) is 13.8. The smallest absolute Gasteiger partial charge is 0.110 e. The number of halogens is 1. The van der Waals surface area contributed by atoms with Gasteiger partial charge in [0.2, 0.25) is 0 Å². The van der Waals surface area contributed by atoms with Gasteiger partial charge in [-0.25, -0.2) is 4.68 Å². The number of nitrogens with one attached hydrogen (secondary N) is 1. The third-order valence-electron chi connectivity index (χ3n) is 4.25. The highest BCUT2D eigenvalue weighted by atomic mass is 35.5. The maximum absolute atomic E-state index is 10.5. The van der Waals surface area contributed by atoms with E-state index in [0.29, 0.717) is 12.6 Å². The molecule has 0 fully saturated rings. The number of aromatic nitrogens is 2. The summed E-state index contributed by atoms with van der Waals surface area (Å²) in [5.74, 6) is 0. The van der Waals surface area contributed by atoms with Gasteiger partial charge in [-0.3, -0.25) is 0 Å². The Kier molecular flexibility index (Phi) is 6.22. The van der Waals surface area contributed by atoms with Crippen LogP contribution in [-0.2, 0) is 12.8 Å². The van der Waals surface area contributed by atoms with Crippen molar-refractivity contribution in [2.75, 3.05) is 6.54 Å². The van der Waals surface area contributed by atoms with E-state index in [1.807, 2.05) is 22.9 Å². The van der Waals surface area contributed by atoms with E-state index in [1.54, 1.807) is 0 Å². The van der Waals surface area contributed by atoms with Crippen molar-refractivity contribution >= 4 is 12.4 Å². The molecule has 23 heavy (non-hydrogen) atoms. The first-order valence-electron chi connectivity index (χ1n) is 8.24. The topological polar surface area (TPSA) is 50.1 Å². The van der Waals surface area contributed by atoms with Crippen LogP contribution >= 0.6 is 12.4 Å². The molecule has 0 aliphatic heterocycles. The molecule has 1 aromatic heterocycles. The average molecular weight is 336 g/mol. The van der Waals surface area contributed by atoms with Gasteiger partial charge in [0.05, 0.1) is 11.4 Å². The van der Waals surface area contributed by atoms with Crippen LogP contribution in [0.2, 0.25) is 0 Å². The number of fused-ring (bicyclic) bond motifs is 1. The van der Waals surface area contributed by atoms with Crippen LogP contribution in [0.15, 0.2) is 30.3 Å². The maximum Gasteiger partial charge on any atom is 0.110 e. The Balaban J connectivity index is 0.00000192. The SMILES string of the molecule is CC(C)NCC(O)c1nn(-c2ccccc2)c2c1CCCC2.Cl. The molecule has 1 unspecified atom stereocenters. The zero-order valence-corrected chi connectivity index (χ0v) is 14.6. The fraction of sp³-hybridized carbons (Fsp3) is 0.500. The van der Waals surface area contributed by atoms with Crippen LogP contribution in [0.4, 0.5) is 0 Å². The largest absolute Gasteiger partial charge is 0.385 e. The molecule has 126 valence electrons. The van der Waals surface area contributed by atoms with Gasteiger partial charge in [0.15, 0.2) is 0 Å². The lowest BCUT2D eigenvalue weighted by atomic mass is 9.94. The minimum atomic E-state index is -0.542. The van der Waals surface area contributed by atoms with Gasteiger partial charge in [-0.2, -0.15) is 5.10 Å². The zero-order chi connectivity index (χ0) is 15.5. The van der Waals surface area contributed by atoms with E-state index in [0.717, 1.165) is 24.2 Å². The van der Waals surface area contributed by atoms with Gasteiger partial charge < -0.3 is 10.4 Å². The predicted octanol–water partition coefficient (Wildman–Crippen LogP) is 3.20. The number of hydrogen-bond donors (Lipinski definition) is 2. The second kappa shape index (κ2) is 7.95. The lowest BCUT2D eigenvalue weighted by molar-refractivity contribution is 0.165. The lowest BCUT2D eigenvalue weighted by Crippen LogP contribution is -2.28. The third-order valence-corrected chi connectivity index (χ3v) is 4.25. The quantitative estimate of drug-likeness (QED) is 0.882. The van der Waals surface area contributed by atoms with E-state index in [-0.39, 0.29) is 12.4 Å². The molecule has 0 spiro atoms. The summed E-state index contributed by atoms with van der Waals surface area (Å²) in [5, 5.41) is 18.6. The second-order valence-electron chi connectivity index (χ2n) is 6.34. The van der Waals surface area contributed by atoms with Gasteiger partial charge in [0, 0.05) is 18.3 Å². The molecule has 1 aromatic carbocycles. The van der Waals surface area contributed by atoms with E-state index >= 15 is 0 Å². The number of rotatable bonds is 5. The van der Waals surface area contributed by atoms with E-state index in [9.17, 15) is 5.11 Å². The number of nitrogens with zero attached hydrogens (tertiary/aromatic N) is 2. The van der Waals surface area contributed by atoms with Crippen molar-refractivity contribution in [3.8, 4) is 5.69 Å². The predicted molar refractivity (Wildman–Crippen MR) is 95.6 cm³/mol. The maximum atomic E-state index is 10.5. The molecule has 0 amide bonds. The Morgan fingerprint density at radius 1 is 1.17 bits per heavy atom. The monoisotopic (exact) mass is 335 g/mol. The van der Waals surface area contributed by atoms with Crippen LogP contribution in [0.1, 0.15) is 49.7 Å². The molecule has 1 atom stereocenters. The molecule has 1 aliphatic rings. The molecule has 3 rings (SSSR count). The van der Waals surface area contributed by atoms with Crippen LogP contribution in [0, 0.1) is 0 Å². The highest BCUT2D eigenvalue weighted by Gasteiger charge is 2.25. The van der Waals surface area contributed by atoms with Crippen molar-refractivity contribution in [3.05, 3.63) is 47.3 Å². The molecule has 5 heteroatoms. The molecule has 0 saturated carbocycles. The molecule has 0 saturated heterocycles. The summed E-state index contributed by atoms with van der Waals surface area (Å²) in [4.78, 5) is 0. The van der Waals surface area contributed by atoms with E-state index in [2.05, 4.69) is 31.3 Å². The van der Waals surface area contributed by atoms with Gasteiger partial charge in [0.1, 0.15) is 6.10 Å². The first kappa shape index (κ1) is 18.0. The van der Waals surface area contributed by atoms with Crippen molar-refractivity contribution in [2.45, 2.75) is 51.7 Å². The van der Waals surface area contributed by atoms with Crippen molar-refractivity contribution in [2.24, 2.45) is 0 Å². The first-order chi connectivity index (χ1) is 10.7. The minimum absolute atomic E-state index is 0. The Labute approximate surface area is 144 Å². The minimum Gasteiger partial charge on any atom is -0.385 e. The van der Waals surface area contributed by atoms with Crippen molar-refractivity contribution in [1.29, 1.82) is 0 Å². The third kappa shape index (κ3) is 3.94. The second-order valence-corrected chi connectivity index (χ2v) is 6.34. The van der Waals surface area contributed by atoms with Gasteiger partial charge in [-0.15, -0.1) is 12.4 Å². The summed E-state index contributed by atoms with van der Waals surface area (Å²) in [6.07, 6.45) is 3.91. The molecule has 2 N–H and O–H groups in total. The molecule has 1 aliphatic carbocycles. The summed E-state index contributed by atoms with van der Waals surface area (Å²) in [5.41, 5.74) is 4.46. The number of aliphatic hydroxyl groups is 1. The highest BCUT2D eigenvalue weighted by molar-refractivity contribution is 5.85. The van der Waals surface area contributed by atoms with Crippen LogP contribution in [0.5, 0.6) is 0 Å². The molecule has 0 bridgehead atoms. The molecular formula is C18H26ClN3O. The summed E-state index contributed by atoms with van der Waals surface area (Å²) < 4.78 is 2.03. The summed E-state index contributed by atoms with van der Waals surface area (Å²) in [6, 6.07) is 10.6. The fourth-order valence-corrected chi connectivity index (χ4v) is 3.12. The first-order valence-corrected chi connectivity index (χ1v) is 8.24. The molecule has 1 heterocycles. The fourth-order valence-electron chi connectivity index (χ4n) is 3.12. The highest BCUT2D eigenvalue weighted by Crippen LogP contribution is 2.29. The number of para-hydroxylation sites is 1. The van der Waals surface area contributed by atoms with Crippen molar-refractivity contribution < 1.29 is 5.11 Å². The van der Waals surface area contributed by atoms with Gasteiger partial charge >= 0.3 is 0 Å². The molecular weight excluding hydrogens is 310 g/mol. The average Bonchev–Trinajstić information content (AvgIpc) is 2.93. The molecule has 2 aromatic rings. The summed E-state index contributed by atoms with van der Waals surface area (Å²) in [6.45, 7) is 4.73. The number of aliphatic hydroxyl groups excluding tert-OH is 1. The van der Waals surface area contributed by atoms with Crippen LogP contribution in [0.3, 0.4) is 0 Å². The lowest BCUT2D eigenvalue weighted by Gasteiger charge is -2.16. The van der Waals surface area contributed by atoms with Crippen LogP contribution in [-0.4, -0.2) is 27.5 Å². The van der Waals surface area contributed by atoms with Gasteiger partial charge in [0.25, 0.3) is 0 Å². The van der Waals surface area contributed by atoms with E-state index in [4.69, 9.17) is 5.10 Å². The van der Waals surface area contributed by atoms with E-state index in [1.165, 1.54) is 24.1 Å². The summed E-state index contributed by atoms with van der Waals surface area (Å²) in [7, 11) is 0. The van der Waals surface area contributed by atoms with Crippen molar-refractivity contribution in [1.82, 2.24) is 15.1 Å². The van der Waals surface area contributed by atoms with Gasteiger partial charge in [-0.05, 0) is 43.4 Å². The standard InChI is InChI=1S/C18H25N3O.ClH/c1-13(2)19-12-17(22)18-15-10-6-7-11-16(15)21(20-18)14-8-4-3-5-9-14;/h3-5,8-9,13,17,19,22H,6-7,10-12H2,1-2H3;1H. The Morgan fingerprint density at radius 3 is 2.57 bits per heavy atom. The van der Waals surface area contributed by atoms with Crippen molar-refractivity contribution in [3.63, 3.8) is 0 Å². The Hall–Kier alpha value is -1.36. The number of benzene rings is 1.